The summed E-state index contributed by atoms with van der Waals surface area (Å²) in [6.07, 6.45) is 1.15. The minimum Gasteiger partial charge on any atom is -0.488 e. The molecule has 2 aromatic carbocycles. The molecular weight excluding hydrogens is 361 g/mol. The quantitative estimate of drug-likeness (QED) is 0.604. The Kier molecular flexibility index (Phi) is 5.99. The molecule has 3 aromatic rings. The highest BCUT2D eigenvalue weighted by Crippen LogP contribution is 2.29. The molecule has 3 rings (SSSR count). The molecule has 1 heterocycles. The first-order valence-electron chi connectivity index (χ1n) is 9.23. The number of ether oxygens (including phenoxy) is 1. The van der Waals surface area contributed by atoms with E-state index in [0.29, 0.717) is 41.7 Å². The zero-order valence-electron chi connectivity index (χ0n) is 16.0. The van der Waals surface area contributed by atoms with Gasteiger partial charge in [-0.1, -0.05) is 6.07 Å². The van der Waals surface area contributed by atoms with Crippen LogP contribution in [-0.4, -0.2) is 17.6 Å². The van der Waals surface area contributed by atoms with Crippen LogP contribution in [0, 0.1) is 19.7 Å². The number of aryl methyl sites for hydroxylation is 1. The van der Waals surface area contributed by atoms with Crippen LogP contribution in [0.25, 0.3) is 11.0 Å². The number of halogens is 1. The van der Waals surface area contributed by atoms with Gasteiger partial charge in [-0.2, -0.15) is 0 Å². The Labute approximate surface area is 162 Å². The Morgan fingerprint density at radius 1 is 1.14 bits per heavy atom. The Hall–Kier alpha value is -2.86. The lowest BCUT2D eigenvalue weighted by atomic mass is 9.99. The number of carboxylic acid groups (broad SMARTS) is 1. The summed E-state index contributed by atoms with van der Waals surface area (Å²) in [6.45, 7) is 4.51. The second-order valence-corrected chi connectivity index (χ2v) is 6.89. The van der Waals surface area contributed by atoms with E-state index in [-0.39, 0.29) is 18.8 Å². The first-order chi connectivity index (χ1) is 13.4. The lowest BCUT2D eigenvalue weighted by molar-refractivity contribution is -0.136. The minimum atomic E-state index is -0.819. The number of carbonyl (C=O) groups is 1. The molecule has 0 radical (unpaired) electrons. The van der Waals surface area contributed by atoms with Gasteiger partial charge >= 0.3 is 5.97 Å². The van der Waals surface area contributed by atoms with Crippen LogP contribution in [0.4, 0.5) is 4.39 Å². The van der Waals surface area contributed by atoms with E-state index >= 15 is 0 Å². The van der Waals surface area contributed by atoms with Crippen LogP contribution >= 0.6 is 0 Å². The summed E-state index contributed by atoms with van der Waals surface area (Å²) in [5, 5.41) is 9.57. The van der Waals surface area contributed by atoms with E-state index in [1.54, 1.807) is 6.07 Å². The van der Waals surface area contributed by atoms with Crippen LogP contribution in [-0.2, 0) is 24.2 Å². The predicted molar refractivity (Wildman–Crippen MR) is 105 cm³/mol. The van der Waals surface area contributed by atoms with Gasteiger partial charge in [-0.15, -0.1) is 0 Å². The second kappa shape index (κ2) is 8.44. The van der Waals surface area contributed by atoms with E-state index < -0.39 is 5.97 Å². The van der Waals surface area contributed by atoms with Crippen LogP contribution in [0.2, 0.25) is 0 Å². The molecule has 0 fully saturated rings. The molecule has 148 valence electrons. The van der Waals surface area contributed by atoms with Crippen LogP contribution < -0.4 is 10.5 Å². The summed E-state index contributed by atoms with van der Waals surface area (Å²) in [4.78, 5) is 10.8. The van der Waals surface area contributed by atoms with E-state index in [1.807, 2.05) is 26.0 Å². The normalized spacial score (nSPS) is 11.1. The molecule has 28 heavy (non-hydrogen) atoms. The number of furan rings is 1. The minimum absolute atomic E-state index is 0.0887. The van der Waals surface area contributed by atoms with Gasteiger partial charge < -0.3 is 20.0 Å². The molecule has 0 saturated carbocycles. The molecule has 0 amide bonds. The van der Waals surface area contributed by atoms with Crippen molar-refractivity contribution in [1.82, 2.24) is 0 Å². The maximum atomic E-state index is 14.0. The van der Waals surface area contributed by atoms with Gasteiger partial charge in [0.1, 0.15) is 29.5 Å². The molecule has 6 heteroatoms. The van der Waals surface area contributed by atoms with Gasteiger partial charge in [0.15, 0.2) is 0 Å². The number of fused-ring (bicyclic) bond motifs is 1. The molecule has 0 unspecified atom stereocenters. The molecule has 1 aromatic heterocycles. The summed E-state index contributed by atoms with van der Waals surface area (Å²) in [5.74, 6) is 0.241. The van der Waals surface area contributed by atoms with Gasteiger partial charge in [0.25, 0.3) is 0 Å². The number of rotatable bonds is 8. The standard InChI is InChI=1S/C22H24FNO4/c1-13-14(2)20(5-3-15(13)4-6-21(25)26)27-12-17-10-18(23)9-16-11-19(7-8-24)28-22(16)17/h3,5,9-11H,4,6-8,12,24H2,1-2H3,(H,25,26). The Balaban J connectivity index is 1.82. The van der Waals surface area contributed by atoms with Crippen LogP contribution in [0.1, 0.15) is 34.4 Å². The maximum Gasteiger partial charge on any atom is 0.303 e. The van der Waals surface area contributed by atoms with Crippen molar-refractivity contribution in [2.45, 2.75) is 39.7 Å². The summed E-state index contributed by atoms with van der Waals surface area (Å²) in [6, 6.07) is 8.38. The van der Waals surface area contributed by atoms with E-state index in [1.165, 1.54) is 12.1 Å². The van der Waals surface area contributed by atoms with E-state index in [0.717, 1.165) is 22.5 Å². The van der Waals surface area contributed by atoms with Crippen molar-refractivity contribution in [2.24, 2.45) is 5.73 Å². The zero-order valence-corrected chi connectivity index (χ0v) is 16.0. The monoisotopic (exact) mass is 385 g/mol. The highest BCUT2D eigenvalue weighted by Gasteiger charge is 2.13. The molecule has 0 atom stereocenters. The van der Waals surface area contributed by atoms with Gasteiger partial charge in [-0.25, -0.2) is 4.39 Å². The van der Waals surface area contributed by atoms with E-state index in [4.69, 9.17) is 20.0 Å². The number of carboxylic acids is 1. The topological polar surface area (TPSA) is 85.7 Å². The summed E-state index contributed by atoms with van der Waals surface area (Å²) in [7, 11) is 0. The average molecular weight is 385 g/mol. The number of nitrogens with two attached hydrogens (primary N) is 1. The summed E-state index contributed by atoms with van der Waals surface area (Å²) >= 11 is 0. The fourth-order valence-electron chi connectivity index (χ4n) is 3.29. The molecular formula is C22H24FNO4. The average Bonchev–Trinajstić information content (AvgIpc) is 3.04. The lowest BCUT2D eigenvalue weighted by Crippen LogP contribution is -2.03. The fraction of sp³-hybridized carbons (Fsp3) is 0.318. The third-order valence-corrected chi connectivity index (χ3v) is 4.94. The maximum absolute atomic E-state index is 14.0. The fourth-order valence-corrected chi connectivity index (χ4v) is 3.29. The van der Waals surface area contributed by atoms with Crippen molar-refractivity contribution in [1.29, 1.82) is 0 Å². The second-order valence-electron chi connectivity index (χ2n) is 6.89. The molecule has 0 saturated heterocycles. The van der Waals surface area contributed by atoms with Gasteiger partial charge in [0.2, 0.25) is 0 Å². The first-order valence-corrected chi connectivity index (χ1v) is 9.23. The predicted octanol–water partition coefficient (Wildman–Crippen LogP) is 4.29. The first kappa shape index (κ1) is 19.9. The summed E-state index contributed by atoms with van der Waals surface area (Å²) < 4.78 is 25.8. The highest BCUT2D eigenvalue weighted by atomic mass is 19.1. The third kappa shape index (κ3) is 4.34. The van der Waals surface area contributed by atoms with Crippen molar-refractivity contribution in [3.8, 4) is 5.75 Å². The Morgan fingerprint density at radius 2 is 1.93 bits per heavy atom. The number of hydrogen-bond acceptors (Lipinski definition) is 4. The van der Waals surface area contributed by atoms with Gasteiger partial charge in [0, 0.05) is 23.8 Å². The van der Waals surface area contributed by atoms with Gasteiger partial charge in [-0.3, -0.25) is 4.79 Å². The molecule has 3 N–H and O–H groups in total. The molecule has 5 nitrogen and oxygen atoms in total. The number of hydrogen-bond donors (Lipinski definition) is 2. The Bertz CT molecular complexity index is 1010. The van der Waals surface area contributed by atoms with Crippen LogP contribution in [0.3, 0.4) is 0 Å². The SMILES string of the molecule is Cc1c(CCC(=O)O)ccc(OCc2cc(F)cc3cc(CCN)oc23)c1C. The van der Waals surface area contributed by atoms with Crippen molar-refractivity contribution in [3.05, 3.63) is 64.2 Å². The Morgan fingerprint density at radius 3 is 2.64 bits per heavy atom. The third-order valence-electron chi connectivity index (χ3n) is 4.94. The van der Waals surface area contributed by atoms with E-state index in [9.17, 15) is 9.18 Å². The highest BCUT2D eigenvalue weighted by molar-refractivity contribution is 5.81. The van der Waals surface area contributed by atoms with Gasteiger partial charge in [-0.05, 0) is 67.8 Å². The van der Waals surface area contributed by atoms with Crippen molar-refractivity contribution in [2.75, 3.05) is 6.54 Å². The van der Waals surface area contributed by atoms with Crippen molar-refractivity contribution in [3.63, 3.8) is 0 Å². The molecule has 0 aliphatic heterocycles. The van der Waals surface area contributed by atoms with E-state index in [2.05, 4.69) is 0 Å². The van der Waals surface area contributed by atoms with Crippen LogP contribution in [0.5, 0.6) is 5.75 Å². The van der Waals surface area contributed by atoms with Crippen LogP contribution in [0.15, 0.2) is 34.7 Å². The zero-order chi connectivity index (χ0) is 20.3. The smallest absolute Gasteiger partial charge is 0.303 e. The summed E-state index contributed by atoms with van der Waals surface area (Å²) in [5.41, 5.74) is 9.75. The largest absolute Gasteiger partial charge is 0.488 e. The van der Waals surface area contributed by atoms with Crippen molar-refractivity contribution < 1.29 is 23.4 Å². The molecule has 0 aliphatic rings. The van der Waals surface area contributed by atoms with Crippen molar-refractivity contribution >= 4 is 16.9 Å². The number of aliphatic carboxylic acids is 1. The number of benzene rings is 2. The molecule has 0 spiro atoms. The lowest BCUT2D eigenvalue weighted by Gasteiger charge is -2.14. The van der Waals surface area contributed by atoms with Gasteiger partial charge in [0.05, 0.1) is 0 Å². The molecule has 0 aliphatic carbocycles. The molecule has 0 bridgehead atoms.